The molecule has 0 N–H and O–H groups in total. The van der Waals surface area contributed by atoms with Gasteiger partial charge in [-0.25, -0.2) is 4.68 Å². The van der Waals surface area contributed by atoms with E-state index in [-0.39, 0.29) is 5.91 Å². The summed E-state index contributed by atoms with van der Waals surface area (Å²) in [5.74, 6) is 0.598. The molecule has 1 fully saturated rings. The first-order valence-electron chi connectivity index (χ1n) is 10.9. The van der Waals surface area contributed by atoms with Gasteiger partial charge in [-0.2, -0.15) is 10.1 Å². The van der Waals surface area contributed by atoms with Crippen molar-refractivity contribution in [1.82, 2.24) is 14.7 Å². The number of carbonyl (C=O) groups excluding carboxylic acids is 1. The first kappa shape index (κ1) is 21.5. The van der Waals surface area contributed by atoms with E-state index in [1.165, 1.54) is 11.8 Å². The van der Waals surface area contributed by atoms with Crippen LogP contribution in [-0.4, -0.2) is 58.7 Å². The first-order valence-corrected chi connectivity index (χ1v) is 11.8. The second kappa shape index (κ2) is 9.64. The van der Waals surface area contributed by atoms with Crippen molar-refractivity contribution in [3.8, 4) is 22.7 Å². The predicted molar refractivity (Wildman–Crippen MR) is 131 cm³/mol. The lowest BCUT2D eigenvalue weighted by Crippen LogP contribution is -2.38. The summed E-state index contributed by atoms with van der Waals surface area (Å²) in [7, 11) is 0. The Balaban J connectivity index is 1.49. The lowest BCUT2D eigenvalue weighted by molar-refractivity contribution is -0.113. The number of thioether (sulfide) groups is 1. The summed E-state index contributed by atoms with van der Waals surface area (Å²) in [6.07, 6.45) is 3.84. The van der Waals surface area contributed by atoms with Gasteiger partial charge >= 0.3 is 0 Å². The summed E-state index contributed by atoms with van der Waals surface area (Å²) in [6, 6.07) is 17.8. The Labute approximate surface area is 196 Å². The van der Waals surface area contributed by atoms with Crippen LogP contribution in [-0.2, 0) is 9.53 Å². The van der Waals surface area contributed by atoms with Crippen LogP contribution in [0.5, 0.6) is 5.75 Å². The third kappa shape index (κ3) is 4.72. The van der Waals surface area contributed by atoms with E-state index in [1.54, 1.807) is 0 Å². The molecule has 0 bridgehead atoms. The number of hydrogen-bond donors (Lipinski definition) is 0. The van der Waals surface area contributed by atoms with Gasteiger partial charge in [-0.05, 0) is 61.2 Å². The van der Waals surface area contributed by atoms with Crippen LogP contribution in [0.4, 0.5) is 0 Å². The second-order valence-electron chi connectivity index (χ2n) is 7.58. The van der Waals surface area contributed by atoms with Gasteiger partial charge in [-0.3, -0.25) is 4.79 Å². The molecular weight excluding hydrogens is 436 g/mol. The Morgan fingerprint density at radius 2 is 1.85 bits per heavy atom. The highest BCUT2D eigenvalue weighted by Gasteiger charge is 2.27. The van der Waals surface area contributed by atoms with Gasteiger partial charge in [0.15, 0.2) is 5.17 Å². The molecule has 3 aromatic rings. The molecule has 0 spiro atoms. The lowest BCUT2D eigenvalue weighted by atomic mass is 10.1. The van der Waals surface area contributed by atoms with Crippen LogP contribution in [0, 0.1) is 0 Å². The van der Waals surface area contributed by atoms with E-state index in [4.69, 9.17) is 14.6 Å². The van der Waals surface area contributed by atoms with Crippen molar-refractivity contribution in [2.24, 2.45) is 4.99 Å². The van der Waals surface area contributed by atoms with Gasteiger partial charge in [-0.15, -0.1) is 0 Å². The maximum atomic E-state index is 12.7. The number of aliphatic imine (C=N–C) groups is 1. The number of amides is 1. The van der Waals surface area contributed by atoms with Crippen LogP contribution in [0.1, 0.15) is 12.5 Å². The summed E-state index contributed by atoms with van der Waals surface area (Å²) in [6.45, 7) is 5.37. The molecule has 5 rings (SSSR count). The molecule has 0 atom stereocenters. The van der Waals surface area contributed by atoms with Crippen molar-refractivity contribution in [2.75, 3.05) is 32.9 Å². The van der Waals surface area contributed by atoms with Gasteiger partial charge in [0.25, 0.3) is 5.91 Å². The highest BCUT2D eigenvalue weighted by atomic mass is 32.2. The molecule has 2 aliphatic heterocycles. The molecule has 2 aromatic carbocycles. The molecule has 168 valence electrons. The molecule has 0 aliphatic carbocycles. The number of carbonyl (C=O) groups is 1. The average Bonchev–Trinajstić information content (AvgIpc) is 3.45. The van der Waals surface area contributed by atoms with Crippen LogP contribution in [0.25, 0.3) is 23.0 Å². The number of aromatic nitrogens is 2. The Morgan fingerprint density at radius 3 is 2.58 bits per heavy atom. The molecule has 33 heavy (non-hydrogen) atoms. The monoisotopic (exact) mass is 460 g/mol. The van der Waals surface area contributed by atoms with E-state index in [0.29, 0.717) is 24.7 Å². The number of para-hydroxylation sites is 1. The highest BCUT2D eigenvalue weighted by molar-refractivity contribution is 8.18. The minimum absolute atomic E-state index is 0.216. The third-order valence-corrected chi connectivity index (χ3v) is 6.42. The minimum Gasteiger partial charge on any atom is -0.494 e. The number of benzene rings is 2. The van der Waals surface area contributed by atoms with Gasteiger partial charge in [0.05, 0.1) is 36.1 Å². The molecule has 0 saturated carbocycles. The van der Waals surface area contributed by atoms with Crippen molar-refractivity contribution in [1.29, 1.82) is 0 Å². The maximum Gasteiger partial charge on any atom is 0.286 e. The van der Waals surface area contributed by atoms with Gasteiger partial charge in [0.1, 0.15) is 5.75 Å². The molecular formula is C25H24N4O3S. The quantitative estimate of drug-likeness (QED) is 0.531. The predicted octanol–water partition coefficient (Wildman–Crippen LogP) is 4.24. The molecule has 7 nitrogen and oxygen atoms in total. The lowest BCUT2D eigenvalue weighted by Gasteiger charge is -2.27. The molecule has 8 heteroatoms. The number of ether oxygens (including phenoxy) is 2. The maximum absolute atomic E-state index is 12.7. The Hall–Kier alpha value is -3.36. The van der Waals surface area contributed by atoms with E-state index in [9.17, 15) is 4.79 Å². The van der Waals surface area contributed by atoms with Gasteiger partial charge < -0.3 is 14.4 Å². The van der Waals surface area contributed by atoms with Crippen LogP contribution in [0.2, 0.25) is 0 Å². The SMILES string of the molecule is CCOc1ccc(-c2nn(-c3ccccc3)cc2C=C2SC(N3CCOCC3)=NC2=O)cc1. The minimum atomic E-state index is -0.216. The Morgan fingerprint density at radius 1 is 1.09 bits per heavy atom. The topological polar surface area (TPSA) is 68.9 Å². The van der Waals surface area contributed by atoms with Gasteiger partial charge in [-0.1, -0.05) is 18.2 Å². The zero-order chi connectivity index (χ0) is 22.6. The van der Waals surface area contributed by atoms with Crippen LogP contribution in [0.3, 0.4) is 0 Å². The zero-order valence-corrected chi connectivity index (χ0v) is 19.1. The summed E-state index contributed by atoms with van der Waals surface area (Å²) < 4.78 is 12.8. The molecule has 0 radical (unpaired) electrons. The third-order valence-electron chi connectivity index (χ3n) is 5.38. The summed E-state index contributed by atoms with van der Waals surface area (Å²) in [5, 5.41) is 5.59. The highest BCUT2D eigenvalue weighted by Crippen LogP contribution is 2.34. The van der Waals surface area contributed by atoms with Crippen molar-refractivity contribution in [3.05, 3.63) is 71.3 Å². The summed E-state index contributed by atoms with van der Waals surface area (Å²) in [5.41, 5.74) is 3.55. The normalized spacial score (nSPS) is 17.5. The van der Waals surface area contributed by atoms with E-state index >= 15 is 0 Å². The molecule has 1 aromatic heterocycles. The Kier molecular flexibility index (Phi) is 6.28. The number of nitrogens with zero attached hydrogens (tertiary/aromatic N) is 4. The molecule has 0 unspecified atom stereocenters. The van der Waals surface area contributed by atoms with E-state index in [2.05, 4.69) is 9.89 Å². The summed E-state index contributed by atoms with van der Waals surface area (Å²) >= 11 is 1.41. The fourth-order valence-electron chi connectivity index (χ4n) is 3.74. The number of amidine groups is 1. The standard InChI is InChI=1S/C25H24N4O3S/c1-2-32-21-10-8-18(9-11-21)23-19(17-29(27-23)20-6-4-3-5-7-20)16-22-24(30)26-25(33-22)28-12-14-31-15-13-28/h3-11,16-17H,2,12-15H2,1H3. The second-order valence-corrected chi connectivity index (χ2v) is 8.59. The number of rotatable bonds is 5. The molecule has 1 saturated heterocycles. The first-order chi connectivity index (χ1) is 16.2. The molecule has 3 heterocycles. The molecule has 2 aliphatic rings. The van der Waals surface area contributed by atoms with Crippen molar-refractivity contribution in [2.45, 2.75) is 6.92 Å². The zero-order valence-electron chi connectivity index (χ0n) is 18.3. The average molecular weight is 461 g/mol. The van der Waals surface area contributed by atoms with Crippen LogP contribution in [0.15, 0.2) is 70.7 Å². The van der Waals surface area contributed by atoms with Crippen molar-refractivity contribution >= 4 is 28.9 Å². The van der Waals surface area contributed by atoms with E-state index < -0.39 is 0 Å². The fraction of sp³-hybridized carbons (Fsp3) is 0.240. The van der Waals surface area contributed by atoms with Crippen molar-refractivity contribution in [3.63, 3.8) is 0 Å². The number of morpholine rings is 1. The summed E-state index contributed by atoms with van der Waals surface area (Å²) in [4.78, 5) is 19.7. The van der Waals surface area contributed by atoms with Gasteiger partial charge in [0.2, 0.25) is 0 Å². The molecule has 1 amide bonds. The van der Waals surface area contributed by atoms with Crippen molar-refractivity contribution < 1.29 is 14.3 Å². The van der Waals surface area contributed by atoms with Crippen LogP contribution < -0.4 is 4.74 Å². The van der Waals surface area contributed by atoms with Gasteiger partial charge in [0, 0.05) is 30.4 Å². The fourth-order valence-corrected chi connectivity index (χ4v) is 4.69. The largest absolute Gasteiger partial charge is 0.494 e. The Bertz CT molecular complexity index is 1200. The smallest absolute Gasteiger partial charge is 0.286 e. The van der Waals surface area contributed by atoms with Crippen LogP contribution >= 0.6 is 11.8 Å². The van der Waals surface area contributed by atoms with E-state index in [1.807, 2.05) is 78.5 Å². The number of hydrogen-bond acceptors (Lipinski definition) is 6. The van der Waals surface area contributed by atoms with E-state index in [0.717, 1.165) is 46.5 Å².